The van der Waals surface area contributed by atoms with Crippen molar-refractivity contribution in [3.05, 3.63) is 23.8 Å². The molecule has 0 aromatic heterocycles. The van der Waals surface area contributed by atoms with Gasteiger partial charge in [-0.1, -0.05) is 20.8 Å². The molecule has 0 heterocycles. The van der Waals surface area contributed by atoms with Gasteiger partial charge in [0.05, 0.1) is 5.56 Å². The molecule has 0 saturated carbocycles. The molecule has 1 rings (SSSR count). The van der Waals surface area contributed by atoms with Crippen LogP contribution in [0.15, 0.2) is 18.2 Å². The van der Waals surface area contributed by atoms with Gasteiger partial charge in [0.1, 0.15) is 0 Å². The number of rotatable bonds is 4. The first-order valence-corrected chi connectivity index (χ1v) is 7.31. The third-order valence-electron chi connectivity index (χ3n) is 3.13. The quantitative estimate of drug-likeness (QED) is 0.833. The predicted molar refractivity (Wildman–Crippen MR) is 90.6 cm³/mol. The van der Waals surface area contributed by atoms with E-state index in [1.54, 1.807) is 31.1 Å². The van der Waals surface area contributed by atoms with E-state index in [1.165, 1.54) is 0 Å². The smallest absolute Gasteiger partial charge is 0.255 e. The summed E-state index contributed by atoms with van der Waals surface area (Å²) in [5, 5.41) is 3.49. The molecule has 3 N–H and O–H groups in total. The minimum Gasteiger partial charge on any atom is -0.399 e. The van der Waals surface area contributed by atoms with E-state index in [-0.39, 0.29) is 16.9 Å². The van der Waals surface area contributed by atoms with Crippen LogP contribution in [0.2, 0.25) is 0 Å². The van der Waals surface area contributed by atoms with Gasteiger partial charge >= 0.3 is 0 Å². The molecule has 4 heteroatoms. The molecule has 0 fully saturated rings. The van der Waals surface area contributed by atoms with Crippen LogP contribution in [0.3, 0.4) is 0 Å². The lowest BCUT2D eigenvalue weighted by atomic mass is 9.81. The first kappa shape index (κ1) is 17.3. The molecule has 1 amide bonds. The van der Waals surface area contributed by atoms with Gasteiger partial charge in [-0.3, -0.25) is 4.79 Å². The molecular formula is C17H29N3O. The molecule has 0 aliphatic carbocycles. The van der Waals surface area contributed by atoms with Crippen molar-refractivity contribution >= 4 is 17.3 Å². The standard InChI is InChI=1S/C17H29N3O/c1-16(2,3)11-17(4,5)19-14-10-12(18)8-9-13(14)15(21)20(6)7/h8-10,19H,11,18H2,1-7H3. The highest BCUT2D eigenvalue weighted by Crippen LogP contribution is 2.31. The van der Waals surface area contributed by atoms with E-state index in [1.807, 2.05) is 6.07 Å². The third kappa shape index (κ3) is 5.29. The van der Waals surface area contributed by atoms with Gasteiger partial charge in [0.25, 0.3) is 5.91 Å². The summed E-state index contributed by atoms with van der Waals surface area (Å²) in [6, 6.07) is 5.38. The van der Waals surface area contributed by atoms with Gasteiger partial charge < -0.3 is 16.0 Å². The van der Waals surface area contributed by atoms with Crippen molar-refractivity contribution in [2.75, 3.05) is 25.1 Å². The third-order valence-corrected chi connectivity index (χ3v) is 3.13. The normalized spacial score (nSPS) is 12.1. The maximum absolute atomic E-state index is 12.3. The first-order chi connectivity index (χ1) is 9.41. The van der Waals surface area contributed by atoms with Crippen molar-refractivity contribution in [2.24, 2.45) is 5.41 Å². The summed E-state index contributed by atoms with van der Waals surface area (Å²) in [7, 11) is 3.51. The second-order valence-corrected chi connectivity index (χ2v) is 7.75. The number of anilines is 2. The fourth-order valence-corrected chi connectivity index (χ4v) is 2.83. The number of amides is 1. The molecule has 0 bridgehead atoms. The van der Waals surface area contributed by atoms with Gasteiger partial charge in [-0.05, 0) is 43.9 Å². The summed E-state index contributed by atoms with van der Waals surface area (Å²) in [6.45, 7) is 10.9. The molecule has 0 aliphatic heterocycles. The van der Waals surface area contributed by atoms with Crippen LogP contribution in [0.4, 0.5) is 11.4 Å². The number of nitrogens with zero attached hydrogens (tertiary/aromatic N) is 1. The Balaban J connectivity index is 3.12. The number of nitrogens with one attached hydrogen (secondary N) is 1. The Morgan fingerprint density at radius 3 is 2.24 bits per heavy atom. The van der Waals surface area contributed by atoms with Gasteiger partial charge in [-0.2, -0.15) is 0 Å². The molecule has 0 spiro atoms. The topological polar surface area (TPSA) is 58.4 Å². The Labute approximate surface area is 128 Å². The number of hydrogen-bond acceptors (Lipinski definition) is 3. The highest BCUT2D eigenvalue weighted by atomic mass is 16.2. The van der Waals surface area contributed by atoms with Gasteiger partial charge in [0, 0.05) is 31.0 Å². The lowest BCUT2D eigenvalue weighted by molar-refractivity contribution is 0.0828. The monoisotopic (exact) mass is 291 g/mol. The second-order valence-electron chi connectivity index (χ2n) is 7.75. The Kier molecular flexibility index (Phi) is 4.92. The number of carbonyl (C=O) groups is 1. The molecule has 0 saturated heterocycles. The zero-order chi connectivity index (χ0) is 16.4. The Bertz CT molecular complexity index is 513. The van der Waals surface area contributed by atoms with Crippen LogP contribution >= 0.6 is 0 Å². The minimum atomic E-state index is -0.132. The zero-order valence-electron chi connectivity index (χ0n) is 14.4. The molecular weight excluding hydrogens is 262 g/mol. The van der Waals surface area contributed by atoms with E-state index in [2.05, 4.69) is 39.9 Å². The summed E-state index contributed by atoms with van der Waals surface area (Å²) < 4.78 is 0. The molecule has 4 nitrogen and oxygen atoms in total. The first-order valence-electron chi connectivity index (χ1n) is 7.31. The van der Waals surface area contributed by atoms with Crippen LogP contribution in [-0.4, -0.2) is 30.4 Å². The van der Waals surface area contributed by atoms with Crippen molar-refractivity contribution < 1.29 is 4.79 Å². The van der Waals surface area contributed by atoms with Gasteiger partial charge in [-0.25, -0.2) is 0 Å². The van der Waals surface area contributed by atoms with Crippen molar-refractivity contribution in [2.45, 2.75) is 46.6 Å². The summed E-state index contributed by atoms with van der Waals surface area (Å²) in [5.41, 5.74) is 8.05. The molecule has 21 heavy (non-hydrogen) atoms. The maximum atomic E-state index is 12.3. The summed E-state index contributed by atoms with van der Waals surface area (Å²) in [6.07, 6.45) is 0.977. The van der Waals surface area contributed by atoms with E-state index in [0.29, 0.717) is 11.3 Å². The van der Waals surface area contributed by atoms with E-state index >= 15 is 0 Å². The van der Waals surface area contributed by atoms with Crippen LogP contribution < -0.4 is 11.1 Å². The molecule has 118 valence electrons. The van der Waals surface area contributed by atoms with Crippen molar-refractivity contribution in [1.82, 2.24) is 4.90 Å². The largest absolute Gasteiger partial charge is 0.399 e. The van der Waals surface area contributed by atoms with E-state index in [4.69, 9.17) is 5.73 Å². The average molecular weight is 291 g/mol. The van der Waals surface area contributed by atoms with E-state index in [9.17, 15) is 4.79 Å². The molecule has 1 aromatic rings. The number of carbonyl (C=O) groups excluding carboxylic acids is 1. The molecule has 0 unspecified atom stereocenters. The van der Waals surface area contributed by atoms with Gasteiger partial charge in [0.2, 0.25) is 0 Å². The SMILES string of the molecule is CN(C)C(=O)c1ccc(N)cc1NC(C)(C)CC(C)(C)C. The van der Waals surface area contributed by atoms with E-state index < -0.39 is 0 Å². The number of nitrogen functional groups attached to an aromatic ring is 1. The lowest BCUT2D eigenvalue weighted by Gasteiger charge is -2.35. The number of benzene rings is 1. The van der Waals surface area contributed by atoms with Crippen LogP contribution in [0, 0.1) is 5.41 Å². The van der Waals surface area contributed by atoms with Crippen LogP contribution in [0.25, 0.3) is 0 Å². The van der Waals surface area contributed by atoms with Gasteiger partial charge in [0.15, 0.2) is 0 Å². The van der Waals surface area contributed by atoms with Crippen molar-refractivity contribution in [3.8, 4) is 0 Å². The maximum Gasteiger partial charge on any atom is 0.255 e. The summed E-state index contributed by atoms with van der Waals surface area (Å²) in [4.78, 5) is 13.9. The molecule has 0 radical (unpaired) electrons. The Hall–Kier alpha value is -1.71. The highest BCUT2D eigenvalue weighted by molar-refractivity contribution is 6.00. The van der Waals surface area contributed by atoms with Crippen LogP contribution in [0.5, 0.6) is 0 Å². The average Bonchev–Trinajstić information content (AvgIpc) is 2.23. The Morgan fingerprint density at radius 2 is 1.76 bits per heavy atom. The minimum absolute atomic E-state index is 0.0240. The van der Waals surface area contributed by atoms with Crippen molar-refractivity contribution in [3.63, 3.8) is 0 Å². The molecule has 0 aliphatic rings. The van der Waals surface area contributed by atoms with Crippen LogP contribution in [0.1, 0.15) is 51.4 Å². The fourth-order valence-electron chi connectivity index (χ4n) is 2.83. The fraction of sp³-hybridized carbons (Fsp3) is 0.588. The number of hydrogen-bond donors (Lipinski definition) is 2. The van der Waals surface area contributed by atoms with Crippen LogP contribution in [-0.2, 0) is 0 Å². The predicted octanol–water partition coefficient (Wildman–Crippen LogP) is 3.60. The summed E-state index contributed by atoms with van der Waals surface area (Å²) in [5.74, 6) is -0.0240. The Morgan fingerprint density at radius 1 is 1.19 bits per heavy atom. The highest BCUT2D eigenvalue weighted by Gasteiger charge is 2.27. The molecule has 0 atom stereocenters. The molecule has 1 aromatic carbocycles. The number of nitrogens with two attached hydrogens (primary N) is 1. The summed E-state index contributed by atoms with van der Waals surface area (Å²) >= 11 is 0. The van der Waals surface area contributed by atoms with Gasteiger partial charge in [-0.15, -0.1) is 0 Å². The second kappa shape index (κ2) is 5.96. The van der Waals surface area contributed by atoms with Crippen molar-refractivity contribution in [1.29, 1.82) is 0 Å². The zero-order valence-corrected chi connectivity index (χ0v) is 14.4. The lowest BCUT2D eigenvalue weighted by Crippen LogP contribution is -2.36. The van der Waals surface area contributed by atoms with E-state index in [0.717, 1.165) is 12.1 Å².